The van der Waals surface area contributed by atoms with E-state index in [1.165, 1.54) is 11.3 Å². The van der Waals surface area contributed by atoms with Gasteiger partial charge in [-0.1, -0.05) is 103 Å². The van der Waals surface area contributed by atoms with Crippen LogP contribution >= 0.6 is 0 Å². The van der Waals surface area contributed by atoms with Gasteiger partial charge in [0.15, 0.2) is 0 Å². The van der Waals surface area contributed by atoms with Crippen LogP contribution in [0.2, 0.25) is 0 Å². The summed E-state index contributed by atoms with van der Waals surface area (Å²) in [5.74, 6) is 0. The van der Waals surface area contributed by atoms with Gasteiger partial charge in [0.05, 0.1) is 5.54 Å². The topological polar surface area (TPSA) is 27.3 Å². The maximum Gasteiger partial charge on any atom is 0.0887 e. The van der Waals surface area contributed by atoms with Crippen molar-refractivity contribution < 1.29 is 0 Å². The standard InChI is InChI=1S/C36H31N3/c1-6-16-29(17-7-1)36(38-31-20-10-3-11-21-31)27-32(37-30-18-8-2-9-19-30)26-35(28-36)39(33-22-12-4-13-23-33)34-24-14-5-15-25-34/h1-27,37-38H,28H2. The van der Waals surface area contributed by atoms with E-state index in [2.05, 4.69) is 173 Å². The molecule has 3 nitrogen and oxygen atoms in total. The van der Waals surface area contributed by atoms with Crippen LogP contribution in [0.1, 0.15) is 12.0 Å². The van der Waals surface area contributed by atoms with Crippen molar-refractivity contribution in [1.82, 2.24) is 0 Å². The number of allylic oxidation sites excluding steroid dienone is 1. The second-order valence-electron chi connectivity index (χ2n) is 9.74. The Morgan fingerprint density at radius 2 is 0.974 bits per heavy atom. The van der Waals surface area contributed by atoms with Crippen LogP contribution in [0.5, 0.6) is 0 Å². The Morgan fingerprint density at radius 3 is 1.51 bits per heavy atom. The predicted octanol–water partition coefficient (Wildman–Crippen LogP) is 9.12. The van der Waals surface area contributed by atoms with E-state index < -0.39 is 5.54 Å². The second-order valence-corrected chi connectivity index (χ2v) is 9.74. The van der Waals surface area contributed by atoms with Crippen molar-refractivity contribution in [2.45, 2.75) is 12.0 Å². The zero-order valence-electron chi connectivity index (χ0n) is 21.7. The van der Waals surface area contributed by atoms with E-state index in [0.717, 1.165) is 34.9 Å². The van der Waals surface area contributed by atoms with Crippen LogP contribution in [-0.2, 0) is 5.54 Å². The van der Waals surface area contributed by atoms with Crippen LogP contribution < -0.4 is 15.5 Å². The van der Waals surface area contributed by atoms with Gasteiger partial charge in [0.2, 0.25) is 0 Å². The fourth-order valence-electron chi connectivity index (χ4n) is 5.27. The van der Waals surface area contributed by atoms with E-state index in [4.69, 9.17) is 0 Å². The minimum atomic E-state index is -0.494. The van der Waals surface area contributed by atoms with Crippen LogP contribution in [-0.4, -0.2) is 0 Å². The predicted molar refractivity (Wildman–Crippen MR) is 164 cm³/mol. The van der Waals surface area contributed by atoms with Gasteiger partial charge in [-0.05, 0) is 66.2 Å². The highest BCUT2D eigenvalue weighted by molar-refractivity contribution is 5.71. The van der Waals surface area contributed by atoms with Gasteiger partial charge in [0.1, 0.15) is 0 Å². The van der Waals surface area contributed by atoms with Gasteiger partial charge in [-0.25, -0.2) is 0 Å². The van der Waals surface area contributed by atoms with Crippen LogP contribution in [0.4, 0.5) is 22.7 Å². The average molecular weight is 506 g/mol. The van der Waals surface area contributed by atoms with E-state index in [1.807, 2.05) is 6.07 Å². The minimum Gasteiger partial charge on any atom is -0.372 e. The van der Waals surface area contributed by atoms with Crippen LogP contribution in [0.25, 0.3) is 0 Å². The quantitative estimate of drug-likeness (QED) is 0.220. The van der Waals surface area contributed by atoms with E-state index in [0.29, 0.717) is 0 Å². The van der Waals surface area contributed by atoms with Crippen LogP contribution in [0.15, 0.2) is 175 Å². The molecule has 1 atom stereocenters. The Hall–Kier alpha value is -5.02. The molecule has 0 radical (unpaired) electrons. The van der Waals surface area contributed by atoms with Gasteiger partial charge in [-0.15, -0.1) is 0 Å². The number of nitrogens with zero attached hydrogens (tertiary/aromatic N) is 1. The van der Waals surface area contributed by atoms with Crippen molar-refractivity contribution in [3.05, 3.63) is 181 Å². The highest BCUT2D eigenvalue weighted by Gasteiger charge is 2.36. The zero-order valence-corrected chi connectivity index (χ0v) is 21.7. The number of anilines is 4. The molecule has 5 aromatic rings. The maximum atomic E-state index is 3.93. The molecule has 0 aliphatic heterocycles. The normalized spacial score (nSPS) is 16.5. The number of hydrogen-bond acceptors (Lipinski definition) is 3. The molecule has 0 heterocycles. The molecule has 5 aromatic carbocycles. The number of benzene rings is 5. The van der Waals surface area contributed by atoms with Crippen molar-refractivity contribution in [2.24, 2.45) is 0 Å². The van der Waals surface area contributed by atoms with Gasteiger partial charge in [0.25, 0.3) is 0 Å². The summed E-state index contributed by atoms with van der Waals surface area (Å²) in [4.78, 5) is 2.37. The lowest BCUT2D eigenvalue weighted by Gasteiger charge is -2.41. The summed E-state index contributed by atoms with van der Waals surface area (Å²) in [7, 11) is 0. The SMILES string of the molecule is C1=C(Nc2ccccc2)C=C(N(c2ccccc2)c2ccccc2)CC1(Nc1ccccc1)c1ccccc1. The second kappa shape index (κ2) is 11.2. The molecule has 1 unspecified atom stereocenters. The first-order valence-electron chi connectivity index (χ1n) is 13.3. The molecule has 0 spiro atoms. The summed E-state index contributed by atoms with van der Waals surface area (Å²) in [5.41, 5.74) is 7.29. The van der Waals surface area contributed by atoms with Crippen molar-refractivity contribution in [3.63, 3.8) is 0 Å². The van der Waals surface area contributed by atoms with Crippen molar-refractivity contribution in [3.8, 4) is 0 Å². The lowest BCUT2D eigenvalue weighted by molar-refractivity contribution is 0.587. The van der Waals surface area contributed by atoms with E-state index in [9.17, 15) is 0 Å². The first-order valence-corrected chi connectivity index (χ1v) is 13.3. The first kappa shape index (κ1) is 24.3. The Balaban J connectivity index is 1.53. The van der Waals surface area contributed by atoms with E-state index >= 15 is 0 Å². The van der Waals surface area contributed by atoms with E-state index in [-0.39, 0.29) is 0 Å². The van der Waals surface area contributed by atoms with Gasteiger partial charge >= 0.3 is 0 Å². The summed E-state index contributed by atoms with van der Waals surface area (Å²) >= 11 is 0. The molecule has 0 saturated carbocycles. The Morgan fingerprint density at radius 1 is 0.513 bits per heavy atom. The molecule has 0 amide bonds. The number of rotatable bonds is 8. The Labute approximate surface area is 230 Å². The third-order valence-electron chi connectivity index (χ3n) is 6.99. The molecule has 2 N–H and O–H groups in total. The smallest absolute Gasteiger partial charge is 0.0887 e. The summed E-state index contributed by atoms with van der Waals surface area (Å²) in [6, 6.07) is 52.8. The van der Waals surface area contributed by atoms with Gasteiger partial charge in [-0.3, -0.25) is 0 Å². The highest BCUT2D eigenvalue weighted by Crippen LogP contribution is 2.43. The zero-order chi connectivity index (χ0) is 26.3. The van der Waals surface area contributed by atoms with Crippen LogP contribution in [0.3, 0.4) is 0 Å². The Bertz CT molecular complexity index is 1510. The number of hydrogen-bond donors (Lipinski definition) is 2. The fourth-order valence-corrected chi connectivity index (χ4v) is 5.27. The van der Waals surface area contributed by atoms with E-state index in [1.54, 1.807) is 0 Å². The lowest BCUT2D eigenvalue weighted by atomic mass is 9.80. The molecular weight excluding hydrogens is 474 g/mol. The third kappa shape index (κ3) is 5.48. The van der Waals surface area contributed by atoms with Crippen LogP contribution in [0, 0.1) is 0 Å². The highest BCUT2D eigenvalue weighted by atomic mass is 15.2. The summed E-state index contributed by atoms with van der Waals surface area (Å²) in [6.45, 7) is 0. The average Bonchev–Trinajstić information content (AvgIpc) is 3.00. The summed E-state index contributed by atoms with van der Waals surface area (Å²) in [6.07, 6.45) is 5.36. The summed E-state index contributed by atoms with van der Waals surface area (Å²) < 4.78 is 0. The number of para-hydroxylation sites is 4. The molecule has 1 aliphatic carbocycles. The molecule has 39 heavy (non-hydrogen) atoms. The van der Waals surface area contributed by atoms with Gasteiger partial charge < -0.3 is 15.5 Å². The monoisotopic (exact) mass is 505 g/mol. The molecule has 1 aliphatic rings. The van der Waals surface area contributed by atoms with Crippen molar-refractivity contribution >= 4 is 22.7 Å². The third-order valence-corrected chi connectivity index (χ3v) is 6.99. The minimum absolute atomic E-state index is 0.494. The Kier molecular flexibility index (Phi) is 6.96. The fraction of sp³-hybridized carbons (Fsp3) is 0.0556. The molecule has 190 valence electrons. The summed E-state index contributed by atoms with van der Waals surface area (Å²) in [5, 5.41) is 7.63. The maximum absolute atomic E-state index is 3.93. The molecule has 0 aromatic heterocycles. The molecule has 0 saturated heterocycles. The van der Waals surface area contributed by atoms with Crippen molar-refractivity contribution in [2.75, 3.05) is 15.5 Å². The van der Waals surface area contributed by atoms with Crippen molar-refractivity contribution in [1.29, 1.82) is 0 Å². The molecule has 3 heteroatoms. The van der Waals surface area contributed by atoms with Gasteiger partial charge in [-0.2, -0.15) is 0 Å². The molecule has 0 bridgehead atoms. The molecular formula is C36H31N3. The van der Waals surface area contributed by atoms with Gasteiger partial charge in [0, 0.05) is 40.6 Å². The first-order chi connectivity index (χ1) is 19.3. The molecule has 6 rings (SSSR count). The molecule has 0 fully saturated rings. The number of nitrogens with one attached hydrogen (secondary N) is 2. The lowest BCUT2D eigenvalue weighted by Crippen LogP contribution is -2.39. The largest absolute Gasteiger partial charge is 0.372 e.